The van der Waals surface area contributed by atoms with Crippen molar-refractivity contribution in [1.29, 1.82) is 0 Å². The lowest BCUT2D eigenvalue weighted by molar-refractivity contribution is -0.117. The molecular formula is C16H17N3O3. The molecule has 22 heavy (non-hydrogen) atoms. The van der Waals surface area contributed by atoms with Gasteiger partial charge in [0.15, 0.2) is 17.6 Å². The second-order valence-corrected chi connectivity index (χ2v) is 5.71. The van der Waals surface area contributed by atoms with Gasteiger partial charge in [-0.25, -0.2) is 0 Å². The summed E-state index contributed by atoms with van der Waals surface area (Å²) >= 11 is 0. The Bertz CT molecular complexity index is 693. The van der Waals surface area contributed by atoms with E-state index in [4.69, 9.17) is 9.47 Å². The lowest BCUT2D eigenvalue weighted by atomic mass is 10.2. The maximum Gasteiger partial charge on any atom is 0.227 e. The number of benzene rings is 1. The van der Waals surface area contributed by atoms with Crippen molar-refractivity contribution in [2.45, 2.75) is 25.5 Å². The zero-order valence-electron chi connectivity index (χ0n) is 12.1. The van der Waals surface area contributed by atoms with Crippen molar-refractivity contribution in [3.8, 4) is 11.5 Å². The van der Waals surface area contributed by atoms with Crippen molar-refractivity contribution >= 4 is 11.6 Å². The Kier molecular flexibility index (Phi) is 3.21. The highest BCUT2D eigenvalue weighted by Gasteiger charge is 2.29. The first-order valence-corrected chi connectivity index (χ1v) is 7.50. The second kappa shape index (κ2) is 5.36. The average Bonchev–Trinajstić information content (AvgIpc) is 3.30. The summed E-state index contributed by atoms with van der Waals surface area (Å²) in [5, 5.41) is 7.15. The van der Waals surface area contributed by atoms with Gasteiger partial charge in [0, 0.05) is 12.1 Å². The molecule has 0 saturated heterocycles. The van der Waals surface area contributed by atoms with E-state index in [0.29, 0.717) is 13.2 Å². The molecule has 0 radical (unpaired) electrons. The van der Waals surface area contributed by atoms with E-state index in [1.165, 1.54) is 0 Å². The Labute approximate surface area is 128 Å². The van der Waals surface area contributed by atoms with Crippen LogP contribution in [0.5, 0.6) is 11.5 Å². The number of rotatable bonds is 4. The minimum Gasteiger partial charge on any atom is -0.486 e. The van der Waals surface area contributed by atoms with Gasteiger partial charge in [-0.1, -0.05) is 12.1 Å². The van der Waals surface area contributed by atoms with Gasteiger partial charge in [0.25, 0.3) is 0 Å². The van der Waals surface area contributed by atoms with E-state index in [1.54, 1.807) is 10.9 Å². The molecule has 2 aliphatic rings. The van der Waals surface area contributed by atoms with Crippen molar-refractivity contribution in [2.75, 3.05) is 11.9 Å². The highest BCUT2D eigenvalue weighted by atomic mass is 16.6. The number of nitrogens with one attached hydrogen (secondary N) is 1. The van der Waals surface area contributed by atoms with E-state index in [-0.39, 0.29) is 17.9 Å². The molecule has 114 valence electrons. The molecule has 0 bridgehead atoms. The van der Waals surface area contributed by atoms with Crippen molar-refractivity contribution in [3.63, 3.8) is 0 Å². The SMILES string of the molecule is O=C(Nc1cnn(CC2COc3ccccc3O2)c1)C1CC1. The molecule has 1 unspecified atom stereocenters. The lowest BCUT2D eigenvalue weighted by Crippen LogP contribution is -2.33. The smallest absolute Gasteiger partial charge is 0.227 e. The third kappa shape index (κ3) is 2.77. The predicted molar refractivity (Wildman–Crippen MR) is 79.9 cm³/mol. The molecule has 1 N–H and O–H groups in total. The van der Waals surface area contributed by atoms with Crippen LogP contribution in [0.2, 0.25) is 0 Å². The summed E-state index contributed by atoms with van der Waals surface area (Å²) in [6, 6.07) is 7.63. The number of hydrogen-bond donors (Lipinski definition) is 1. The fourth-order valence-electron chi connectivity index (χ4n) is 2.48. The summed E-state index contributed by atoms with van der Waals surface area (Å²) in [6.45, 7) is 1.06. The number of ether oxygens (including phenoxy) is 2. The summed E-state index contributed by atoms with van der Waals surface area (Å²) in [7, 11) is 0. The van der Waals surface area contributed by atoms with Gasteiger partial charge in [0.2, 0.25) is 5.91 Å². The Hall–Kier alpha value is -2.50. The number of nitrogens with zero attached hydrogens (tertiary/aromatic N) is 2. The van der Waals surface area contributed by atoms with Gasteiger partial charge in [0.05, 0.1) is 18.4 Å². The van der Waals surface area contributed by atoms with Crippen molar-refractivity contribution in [3.05, 3.63) is 36.7 Å². The van der Waals surface area contributed by atoms with E-state index < -0.39 is 0 Å². The maximum absolute atomic E-state index is 11.7. The maximum atomic E-state index is 11.7. The molecule has 2 heterocycles. The summed E-state index contributed by atoms with van der Waals surface area (Å²) in [6.07, 6.45) is 5.38. The third-order valence-corrected chi connectivity index (χ3v) is 3.81. The third-order valence-electron chi connectivity index (χ3n) is 3.81. The molecule has 2 aromatic rings. The quantitative estimate of drug-likeness (QED) is 0.938. The van der Waals surface area contributed by atoms with Crippen LogP contribution in [0.25, 0.3) is 0 Å². The largest absolute Gasteiger partial charge is 0.486 e. The molecule has 4 rings (SSSR count). The van der Waals surface area contributed by atoms with E-state index in [9.17, 15) is 4.79 Å². The first kappa shape index (κ1) is 13.2. The van der Waals surface area contributed by atoms with Crippen molar-refractivity contribution < 1.29 is 14.3 Å². The van der Waals surface area contributed by atoms with Crippen LogP contribution in [-0.2, 0) is 11.3 Å². The Balaban J connectivity index is 1.38. The zero-order chi connectivity index (χ0) is 14.9. The van der Waals surface area contributed by atoms with Gasteiger partial charge in [0.1, 0.15) is 6.61 Å². The van der Waals surface area contributed by atoms with Gasteiger partial charge in [-0.3, -0.25) is 9.48 Å². The van der Waals surface area contributed by atoms with Gasteiger partial charge in [-0.15, -0.1) is 0 Å². The Morgan fingerprint density at radius 3 is 2.95 bits per heavy atom. The molecule has 0 spiro atoms. The number of anilines is 1. The van der Waals surface area contributed by atoms with Crippen LogP contribution in [0.15, 0.2) is 36.7 Å². The van der Waals surface area contributed by atoms with Gasteiger partial charge >= 0.3 is 0 Å². The summed E-state index contributed by atoms with van der Waals surface area (Å²) in [5.41, 5.74) is 0.731. The van der Waals surface area contributed by atoms with Crippen LogP contribution >= 0.6 is 0 Å². The summed E-state index contributed by atoms with van der Waals surface area (Å²) in [4.78, 5) is 11.7. The van der Waals surface area contributed by atoms with Crippen molar-refractivity contribution in [2.24, 2.45) is 5.92 Å². The van der Waals surface area contributed by atoms with E-state index in [1.807, 2.05) is 30.5 Å². The summed E-state index contributed by atoms with van der Waals surface area (Å²) in [5.74, 6) is 1.81. The highest BCUT2D eigenvalue weighted by Crippen LogP contribution is 2.31. The second-order valence-electron chi connectivity index (χ2n) is 5.71. The van der Waals surface area contributed by atoms with E-state index in [0.717, 1.165) is 30.0 Å². The number of aromatic nitrogens is 2. The molecule has 1 atom stereocenters. The standard InChI is InChI=1S/C16H17N3O3/c20-16(11-5-6-11)18-12-7-17-19(8-12)9-13-10-21-14-3-1-2-4-15(14)22-13/h1-4,7-8,11,13H,5-6,9-10H2,(H,18,20). The molecule has 1 aromatic carbocycles. The van der Waals surface area contributed by atoms with E-state index in [2.05, 4.69) is 10.4 Å². The van der Waals surface area contributed by atoms with Crippen LogP contribution < -0.4 is 14.8 Å². The lowest BCUT2D eigenvalue weighted by Gasteiger charge is -2.26. The van der Waals surface area contributed by atoms with Gasteiger partial charge in [-0.2, -0.15) is 5.10 Å². The Morgan fingerprint density at radius 2 is 2.14 bits per heavy atom. The monoisotopic (exact) mass is 299 g/mol. The predicted octanol–water partition coefficient (Wildman–Crippen LogP) is 2.07. The number of amides is 1. The molecular weight excluding hydrogens is 282 g/mol. The van der Waals surface area contributed by atoms with Crippen LogP contribution in [-0.4, -0.2) is 28.4 Å². The van der Waals surface area contributed by atoms with Crippen molar-refractivity contribution in [1.82, 2.24) is 9.78 Å². The number of carbonyl (C=O) groups excluding carboxylic acids is 1. The first-order chi connectivity index (χ1) is 10.8. The average molecular weight is 299 g/mol. The molecule has 6 nitrogen and oxygen atoms in total. The number of para-hydroxylation sites is 2. The van der Waals surface area contributed by atoms with Gasteiger partial charge in [-0.05, 0) is 25.0 Å². The fourth-order valence-corrected chi connectivity index (χ4v) is 2.48. The molecule has 1 aliphatic carbocycles. The molecule has 1 aromatic heterocycles. The highest BCUT2D eigenvalue weighted by molar-refractivity contribution is 5.93. The molecule has 1 fully saturated rings. The summed E-state index contributed by atoms with van der Waals surface area (Å²) < 4.78 is 13.4. The topological polar surface area (TPSA) is 65.4 Å². The first-order valence-electron chi connectivity index (χ1n) is 7.50. The normalized spacial score (nSPS) is 19.7. The molecule has 1 amide bonds. The van der Waals surface area contributed by atoms with Crippen LogP contribution in [0.4, 0.5) is 5.69 Å². The minimum absolute atomic E-state index is 0.0886. The minimum atomic E-state index is -0.0956. The Morgan fingerprint density at radius 1 is 1.32 bits per heavy atom. The van der Waals surface area contributed by atoms with Crippen LogP contribution in [0.1, 0.15) is 12.8 Å². The van der Waals surface area contributed by atoms with Gasteiger partial charge < -0.3 is 14.8 Å². The fraction of sp³-hybridized carbons (Fsp3) is 0.375. The van der Waals surface area contributed by atoms with Crippen LogP contribution in [0, 0.1) is 5.92 Å². The number of hydrogen-bond acceptors (Lipinski definition) is 4. The number of carbonyl (C=O) groups is 1. The van der Waals surface area contributed by atoms with E-state index >= 15 is 0 Å². The molecule has 1 saturated carbocycles. The zero-order valence-corrected chi connectivity index (χ0v) is 12.1. The number of fused-ring (bicyclic) bond motifs is 1. The molecule has 1 aliphatic heterocycles. The molecule has 6 heteroatoms. The van der Waals surface area contributed by atoms with Crippen LogP contribution in [0.3, 0.4) is 0 Å².